The second kappa shape index (κ2) is 5.89. The van der Waals surface area contributed by atoms with Crippen molar-refractivity contribution in [3.8, 4) is 5.75 Å². The van der Waals surface area contributed by atoms with Crippen LogP contribution in [0.25, 0.3) is 0 Å². The maximum Gasteiger partial charge on any atom is 0.335 e. The van der Waals surface area contributed by atoms with Crippen molar-refractivity contribution in [2.45, 2.75) is 12.5 Å². The van der Waals surface area contributed by atoms with Crippen LogP contribution in [0.1, 0.15) is 16.8 Å². The van der Waals surface area contributed by atoms with Crippen LogP contribution < -0.4 is 9.64 Å². The average Bonchev–Trinajstić information content (AvgIpc) is 2.58. The number of carbonyl (C=O) groups is 2. The van der Waals surface area contributed by atoms with Gasteiger partial charge in [-0.3, -0.25) is 4.79 Å². The van der Waals surface area contributed by atoms with E-state index in [-0.39, 0.29) is 36.8 Å². The van der Waals surface area contributed by atoms with Gasteiger partial charge >= 0.3 is 5.97 Å². The Bertz CT molecular complexity index is 530. The number of hydrogen-bond acceptors (Lipinski definition) is 5. The fraction of sp³-hybridized carbons (Fsp3) is 0.385. The highest BCUT2D eigenvalue weighted by molar-refractivity contribution is 5.97. The minimum absolute atomic E-state index is 0.0563. The summed E-state index contributed by atoms with van der Waals surface area (Å²) >= 11 is 0. The van der Waals surface area contributed by atoms with E-state index in [1.54, 1.807) is 0 Å². The van der Waals surface area contributed by atoms with Gasteiger partial charge in [0, 0.05) is 0 Å². The number of amides is 1. The van der Waals surface area contributed by atoms with Crippen molar-refractivity contribution in [2.24, 2.45) is 0 Å². The average molecular weight is 281 g/mol. The highest BCUT2D eigenvalue weighted by atomic mass is 16.5. The van der Waals surface area contributed by atoms with E-state index < -0.39 is 18.7 Å². The number of β-amino-alcohol motifs (C(OH)–C–C–N with tert-alkyl or cyclic N) is 1. The van der Waals surface area contributed by atoms with E-state index in [2.05, 4.69) is 0 Å². The van der Waals surface area contributed by atoms with Gasteiger partial charge in [0.25, 0.3) is 0 Å². The van der Waals surface area contributed by atoms with E-state index in [0.29, 0.717) is 5.69 Å². The summed E-state index contributed by atoms with van der Waals surface area (Å²) in [6, 6.07) is 4.17. The first kappa shape index (κ1) is 14.3. The summed E-state index contributed by atoms with van der Waals surface area (Å²) in [5, 5.41) is 27.3. The van der Waals surface area contributed by atoms with Gasteiger partial charge < -0.3 is 25.0 Å². The Hall–Kier alpha value is -2.12. The molecule has 1 aliphatic heterocycles. The second-order valence-corrected chi connectivity index (χ2v) is 4.43. The number of fused-ring (bicyclic) bond motifs is 1. The lowest BCUT2D eigenvalue weighted by molar-refractivity contribution is -0.119. The largest absolute Gasteiger partial charge is 0.491 e. The van der Waals surface area contributed by atoms with E-state index in [0.717, 1.165) is 0 Å². The van der Waals surface area contributed by atoms with Crippen molar-refractivity contribution in [2.75, 3.05) is 24.7 Å². The van der Waals surface area contributed by atoms with E-state index in [4.69, 9.17) is 14.9 Å². The van der Waals surface area contributed by atoms with Crippen molar-refractivity contribution in [3.63, 3.8) is 0 Å². The molecule has 0 spiro atoms. The Morgan fingerprint density at radius 3 is 2.85 bits per heavy atom. The summed E-state index contributed by atoms with van der Waals surface area (Å²) in [6.07, 6.45) is -0.945. The fourth-order valence-electron chi connectivity index (χ4n) is 1.97. The van der Waals surface area contributed by atoms with E-state index in [1.165, 1.54) is 23.1 Å². The minimum atomic E-state index is -1.09. The van der Waals surface area contributed by atoms with Crippen molar-refractivity contribution < 1.29 is 29.6 Å². The molecule has 7 heteroatoms. The number of nitrogens with zero attached hydrogens (tertiary/aromatic N) is 1. The van der Waals surface area contributed by atoms with Gasteiger partial charge in [0.15, 0.2) is 0 Å². The summed E-state index contributed by atoms with van der Waals surface area (Å²) in [6.45, 7) is -0.397. The molecule has 1 aromatic carbocycles. The number of anilines is 1. The first-order chi connectivity index (χ1) is 9.52. The predicted molar refractivity (Wildman–Crippen MR) is 69.0 cm³/mol. The number of aliphatic hydroxyl groups is 2. The summed E-state index contributed by atoms with van der Waals surface area (Å²) in [4.78, 5) is 24.2. The Labute approximate surface area is 115 Å². The second-order valence-electron chi connectivity index (χ2n) is 4.43. The van der Waals surface area contributed by atoms with Gasteiger partial charge in [-0.05, 0) is 18.2 Å². The molecule has 0 saturated carbocycles. The Kier molecular flexibility index (Phi) is 4.21. The lowest BCUT2D eigenvalue weighted by Crippen LogP contribution is -2.38. The normalized spacial score (nSPS) is 16.1. The molecule has 1 heterocycles. The molecule has 1 unspecified atom stereocenters. The molecule has 1 aromatic rings. The van der Waals surface area contributed by atoms with Crippen LogP contribution in [0.3, 0.4) is 0 Å². The van der Waals surface area contributed by atoms with Crippen LogP contribution in [0.15, 0.2) is 18.2 Å². The standard InChI is InChI=1S/C13H15NO6/c15-7-9(16)6-14-10-2-1-8(13(18)19)5-11(10)20-4-3-12(14)17/h1-2,5,9,15-16H,3-4,6-7H2,(H,18,19). The van der Waals surface area contributed by atoms with Gasteiger partial charge in [0.1, 0.15) is 5.75 Å². The zero-order valence-electron chi connectivity index (χ0n) is 10.7. The molecule has 1 amide bonds. The van der Waals surface area contributed by atoms with Crippen LogP contribution in [0, 0.1) is 0 Å². The summed E-state index contributed by atoms with van der Waals surface area (Å²) in [7, 11) is 0. The molecule has 1 atom stereocenters. The zero-order chi connectivity index (χ0) is 14.7. The van der Waals surface area contributed by atoms with E-state index >= 15 is 0 Å². The molecule has 0 aliphatic carbocycles. The molecule has 0 saturated heterocycles. The van der Waals surface area contributed by atoms with Gasteiger partial charge in [0.05, 0.1) is 43.5 Å². The number of carbonyl (C=O) groups excluding carboxylic acids is 1. The molecule has 3 N–H and O–H groups in total. The third kappa shape index (κ3) is 2.89. The highest BCUT2D eigenvalue weighted by Gasteiger charge is 2.25. The first-order valence-corrected chi connectivity index (χ1v) is 6.12. The molecule has 0 radical (unpaired) electrons. The van der Waals surface area contributed by atoms with Crippen molar-refractivity contribution in [1.82, 2.24) is 0 Å². The van der Waals surface area contributed by atoms with Gasteiger partial charge in [-0.2, -0.15) is 0 Å². The van der Waals surface area contributed by atoms with Crippen LogP contribution in [-0.4, -0.2) is 53.1 Å². The Balaban J connectivity index is 2.38. The molecule has 2 rings (SSSR count). The molecule has 0 aromatic heterocycles. The molecular formula is C13H15NO6. The SMILES string of the molecule is O=C(O)c1ccc2c(c1)OCCC(=O)N2CC(O)CO. The quantitative estimate of drug-likeness (QED) is 0.708. The summed E-state index contributed by atoms with van der Waals surface area (Å²) < 4.78 is 5.39. The number of aromatic carboxylic acids is 1. The maximum absolute atomic E-state index is 12.0. The summed E-state index contributed by atoms with van der Waals surface area (Å²) in [5.41, 5.74) is 0.450. The number of ether oxygens (including phenoxy) is 1. The number of hydrogen-bond donors (Lipinski definition) is 3. The van der Waals surface area contributed by atoms with Crippen LogP contribution in [0.2, 0.25) is 0 Å². The van der Waals surface area contributed by atoms with Gasteiger partial charge in [-0.15, -0.1) is 0 Å². The maximum atomic E-state index is 12.0. The minimum Gasteiger partial charge on any atom is -0.491 e. The molecular weight excluding hydrogens is 266 g/mol. The van der Waals surface area contributed by atoms with Gasteiger partial charge in [-0.25, -0.2) is 4.79 Å². The van der Waals surface area contributed by atoms with Gasteiger partial charge in [0.2, 0.25) is 5.91 Å². The number of benzene rings is 1. The molecule has 20 heavy (non-hydrogen) atoms. The van der Waals surface area contributed by atoms with Crippen LogP contribution in [0.5, 0.6) is 5.75 Å². The lowest BCUT2D eigenvalue weighted by atomic mass is 10.1. The van der Waals surface area contributed by atoms with Gasteiger partial charge in [-0.1, -0.05) is 0 Å². The van der Waals surface area contributed by atoms with E-state index in [1.807, 2.05) is 0 Å². The lowest BCUT2D eigenvalue weighted by Gasteiger charge is -2.24. The topological polar surface area (TPSA) is 107 Å². The van der Waals surface area contributed by atoms with Crippen LogP contribution in [-0.2, 0) is 4.79 Å². The van der Waals surface area contributed by atoms with Crippen molar-refractivity contribution in [1.29, 1.82) is 0 Å². The monoisotopic (exact) mass is 281 g/mol. The van der Waals surface area contributed by atoms with Crippen LogP contribution in [0.4, 0.5) is 5.69 Å². The van der Waals surface area contributed by atoms with E-state index in [9.17, 15) is 14.7 Å². The Morgan fingerprint density at radius 1 is 1.45 bits per heavy atom. The predicted octanol–water partition coefficient (Wildman–Crippen LogP) is -0.146. The van der Waals surface area contributed by atoms with Crippen LogP contribution >= 0.6 is 0 Å². The molecule has 0 bridgehead atoms. The molecule has 7 nitrogen and oxygen atoms in total. The molecule has 0 fully saturated rings. The highest BCUT2D eigenvalue weighted by Crippen LogP contribution is 2.32. The number of aliphatic hydroxyl groups excluding tert-OH is 2. The number of rotatable bonds is 4. The van der Waals surface area contributed by atoms with Crippen molar-refractivity contribution in [3.05, 3.63) is 23.8 Å². The number of carboxylic acid groups (broad SMARTS) is 1. The van der Waals surface area contributed by atoms with Crippen molar-refractivity contribution >= 4 is 17.6 Å². The zero-order valence-corrected chi connectivity index (χ0v) is 10.7. The third-order valence-electron chi connectivity index (χ3n) is 2.98. The summed E-state index contributed by atoms with van der Waals surface area (Å²) in [5.74, 6) is -1.06. The first-order valence-electron chi connectivity index (χ1n) is 6.12. The molecule has 108 valence electrons. The fourth-order valence-corrected chi connectivity index (χ4v) is 1.97. The Morgan fingerprint density at radius 2 is 2.20 bits per heavy atom. The molecule has 1 aliphatic rings. The smallest absolute Gasteiger partial charge is 0.335 e. The third-order valence-corrected chi connectivity index (χ3v) is 2.98. The number of carboxylic acids is 1.